The fourth-order valence-corrected chi connectivity index (χ4v) is 2.56. The molecule has 4 rings (SSSR count). The summed E-state index contributed by atoms with van der Waals surface area (Å²) >= 11 is 0. The van der Waals surface area contributed by atoms with Crippen molar-refractivity contribution >= 4 is 10.9 Å². The van der Waals surface area contributed by atoms with Gasteiger partial charge in [-0.3, -0.25) is 0 Å². The van der Waals surface area contributed by atoms with E-state index in [1.54, 1.807) is 0 Å². The molecule has 3 aromatic carbocycles. The van der Waals surface area contributed by atoms with Crippen LogP contribution in [-0.4, -0.2) is 9.97 Å². The molecule has 0 aliphatic carbocycles. The summed E-state index contributed by atoms with van der Waals surface area (Å²) in [7, 11) is 0. The summed E-state index contributed by atoms with van der Waals surface area (Å²) in [5, 5.41) is 0.900. The van der Waals surface area contributed by atoms with E-state index in [4.69, 9.17) is 4.74 Å². The average Bonchev–Trinajstić information content (AvgIpc) is 2.63. The average molecular weight is 312 g/mol. The molecule has 1 heterocycles. The van der Waals surface area contributed by atoms with Crippen LogP contribution in [0.2, 0.25) is 0 Å². The van der Waals surface area contributed by atoms with Crippen molar-refractivity contribution < 1.29 is 4.74 Å². The highest BCUT2D eigenvalue weighted by Crippen LogP contribution is 2.29. The Kier molecular flexibility index (Phi) is 3.67. The molecule has 0 amide bonds. The van der Waals surface area contributed by atoms with E-state index in [0.29, 0.717) is 11.7 Å². The molecule has 24 heavy (non-hydrogen) atoms. The number of ether oxygens (including phenoxy) is 1. The van der Waals surface area contributed by atoms with Crippen LogP contribution in [0.25, 0.3) is 22.3 Å². The summed E-state index contributed by atoms with van der Waals surface area (Å²) in [4.78, 5) is 9.35. The molecule has 0 aliphatic heterocycles. The maximum atomic E-state index is 6.03. The second-order valence-electron chi connectivity index (χ2n) is 5.65. The van der Waals surface area contributed by atoms with Gasteiger partial charge in [0.1, 0.15) is 5.75 Å². The highest BCUT2D eigenvalue weighted by atomic mass is 16.5. The minimum atomic E-state index is 0.572. The summed E-state index contributed by atoms with van der Waals surface area (Å²) < 4.78 is 6.03. The lowest BCUT2D eigenvalue weighted by Crippen LogP contribution is -1.96. The molecular formula is C21H16N2O. The van der Waals surface area contributed by atoms with Crippen LogP contribution in [-0.2, 0) is 0 Å². The molecule has 116 valence electrons. The van der Waals surface area contributed by atoms with E-state index in [0.717, 1.165) is 22.2 Å². The van der Waals surface area contributed by atoms with Gasteiger partial charge in [0.05, 0.1) is 10.9 Å². The van der Waals surface area contributed by atoms with E-state index in [1.165, 1.54) is 5.56 Å². The number of hydrogen-bond acceptors (Lipinski definition) is 3. The number of benzene rings is 3. The Hall–Kier alpha value is -3.20. The predicted octanol–water partition coefficient (Wildman–Crippen LogP) is 5.40. The highest BCUT2D eigenvalue weighted by Gasteiger charge is 2.11. The number of aryl methyl sites for hydroxylation is 1. The standard InChI is InChI=1S/C21H16N2O/c1-15-11-13-16(14-12-15)20-22-19-10-6-5-9-18(19)21(23-20)24-17-7-3-2-4-8-17/h2-14H,1H3. The van der Waals surface area contributed by atoms with Crippen LogP contribution in [0.3, 0.4) is 0 Å². The van der Waals surface area contributed by atoms with Crippen LogP contribution in [0.1, 0.15) is 5.56 Å². The minimum absolute atomic E-state index is 0.572. The highest BCUT2D eigenvalue weighted by molar-refractivity contribution is 5.85. The summed E-state index contributed by atoms with van der Waals surface area (Å²) in [6.45, 7) is 2.06. The van der Waals surface area contributed by atoms with Crippen molar-refractivity contribution in [3.63, 3.8) is 0 Å². The molecule has 0 fully saturated rings. The first-order valence-corrected chi connectivity index (χ1v) is 7.86. The number of nitrogens with zero attached hydrogens (tertiary/aromatic N) is 2. The SMILES string of the molecule is Cc1ccc(-c2nc(Oc3ccccc3)c3ccccc3n2)cc1. The maximum Gasteiger partial charge on any atom is 0.230 e. The third-order valence-electron chi connectivity index (χ3n) is 3.84. The Morgan fingerprint density at radius 1 is 0.708 bits per heavy atom. The van der Waals surface area contributed by atoms with Crippen molar-refractivity contribution in [2.75, 3.05) is 0 Å². The van der Waals surface area contributed by atoms with E-state index in [-0.39, 0.29) is 0 Å². The Morgan fingerprint density at radius 3 is 2.21 bits per heavy atom. The molecule has 1 aromatic heterocycles. The Bertz CT molecular complexity index is 980. The van der Waals surface area contributed by atoms with Gasteiger partial charge in [-0.2, -0.15) is 4.98 Å². The van der Waals surface area contributed by atoms with Gasteiger partial charge in [0.2, 0.25) is 5.88 Å². The molecular weight excluding hydrogens is 296 g/mol. The number of hydrogen-bond donors (Lipinski definition) is 0. The van der Waals surface area contributed by atoms with E-state index in [9.17, 15) is 0 Å². The first-order chi connectivity index (χ1) is 11.8. The Morgan fingerprint density at radius 2 is 1.42 bits per heavy atom. The monoisotopic (exact) mass is 312 g/mol. The van der Waals surface area contributed by atoms with Crippen molar-refractivity contribution in [2.24, 2.45) is 0 Å². The second kappa shape index (κ2) is 6.13. The first-order valence-electron chi connectivity index (χ1n) is 7.86. The summed E-state index contributed by atoms with van der Waals surface area (Å²) in [6.07, 6.45) is 0. The third-order valence-corrected chi connectivity index (χ3v) is 3.84. The third kappa shape index (κ3) is 2.84. The topological polar surface area (TPSA) is 35.0 Å². The lowest BCUT2D eigenvalue weighted by atomic mass is 10.1. The van der Waals surface area contributed by atoms with Crippen LogP contribution in [0.15, 0.2) is 78.9 Å². The van der Waals surface area contributed by atoms with Crippen molar-refractivity contribution in [1.82, 2.24) is 9.97 Å². The maximum absolute atomic E-state index is 6.03. The first kappa shape index (κ1) is 14.4. The molecule has 0 aliphatic rings. The Labute approximate surface area is 140 Å². The minimum Gasteiger partial charge on any atom is -0.438 e. The lowest BCUT2D eigenvalue weighted by molar-refractivity contribution is 0.469. The molecule has 0 spiro atoms. The predicted molar refractivity (Wildman–Crippen MR) is 96.2 cm³/mol. The number of aromatic nitrogens is 2. The quantitative estimate of drug-likeness (QED) is 0.508. The largest absolute Gasteiger partial charge is 0.438 e. The van der Waals surface area contributed by atoms with Crippen LogP contribution < -0.4 is 4.74 Å². The van der Waals surface area contributed by atoms with Crippen molar-refractivity contribution in [3.8, 4) is 23.0 Å². The van der Waals surface area contributed by atoms with Gasteiger partial charge < -0.3 is 4.74 Å². The van der Waals surface area contributed by atoms with Crippen LogP contribution in [0.5, 0.6) is 11.6 Å². The lowest BCUT2D eigenvalue weighted by Gasteiger charge is -2.10. The van der Waals surface area contributed by atoms with Gasteiger partial charge in [0, 0.05) is 5.56 Å². The van der Waals surface area contributed by atoms with E-state index in [2.05, 4.69) is 29.0 Å². The molecule has 0 bridgehead atoms. The van der Waals surface area contributed by atoms with Gasteiger partial charge in [-0.1, -0.05) is 60.2 Å². The molecule has 0 atom stereocenters. The van der Waals surface area contributed by atoms with E-state index >= 15 is 0 Å². The fourth-order valence-electron chi connectivity index (χ4n) is 2.56. The fraction of sp³-hybridized carbons (Fsp3) is 0.0476. The van der Waals surface area contributed by atoms with Gasteiger partial charge in [0.15, 0.2) is 5.82 Å². The van der Waals surface area contributed by atoms with Crippen molar-refractivity contribution in [2.45, 2.75) is 6.92 Å². The number of fused-ring (bicyclic) bond motifs is 1. The van der Waals surface area contributed by atoms with Gasteiger partial charge in [-0.25, -0.2) is 4.98 Å². The summed E-state index contributed by atoms with van der Waals surface area (Å²) in [5.74, 6) is 2.00. The van der Waals surface area contributed by atoms with Gasteiger partial charge in [-0.15, -0.1) is 0 Å². The van der Waals surface area contributed by atoms with Gasteiger partial charge >= 0.3 is 0 Å². The molecule has 0 saturated heterocycles. The van der Waals surface area contributed by atoms with Crippen molar-refractivity contribution in [3.05, 3.63) is 84.4 Å². The zero-order valence-corrected chi connectivity index (χ0v) is 13.3. The van der Waals surface area contributed by atoms with Gasteiger partial charge in [0.25, 0.3) is 0 Å². The van der Waals surface area contributed by atoms with E-state index in [1.807, 2.05) is 66.7 Å². The molecule has 0 saturated carbocycles. The second-order valence-corrected chi connectivity index (χ2v) is 5.65. The smallest absolute Gasteiger partial charge is 0.230 e. The number of para-hydroxylation sites is 2. The summed E-state index contributed by atoms with van der Waals surface area (Å²) in [6, 6.07) is 25.8. The number of rotatable bonds is 3. The molecule has 3 heteroatoms. The molecule has 0 N–H and O–H groups in total. The molecule has 0 unspecified atom stereocenters. The van der Waals surface area contributed by atoms with Crippen molar-refractivity contribution in [1.29, 1.82) is 0 Å². The zero-order valence-electron chi connectivity index (χ0n) is 13.3. The molecule has 4 aromatic rings. The van der Waals surface area contributed by atoms with Crippen LogP contribution in [0, 0.1) is 6.92 Å². The van der Waals surface area contributed by atoms with Crippen LogP contribution >= 0.6 is 0 Å². The normalized spacial score (nSPS) is 10.7. The molecule has 3 nitrogen and oxygen atoms in total. The molecule has 0 radical (unpaired) electrons. The Balaban J connectivity index is 1.86. The summed E-state index contributed by atoms with van der Waals surface area (Å²) in [5.41, 5.74) is 3.05. The van der Waals surface area contributed by atoms with Gasteiger partial charge in [-0.05, 0) is 31.2 Å². The van der Waals surface area contributed by atoms with Crippen LogP contribution in [0.4, 0.5) is 0 Å². The van der Waals surface area contributed by atoms with E-state index < -0.39 is 0 Å². The zero-order chi connectivity index (χ0) is 16.4.